The van der Waals surface area contributed by atoms with Crippen molar-refractivity contribution in [3.8, 4) is 11.3 Å². The number of carbonyl (C=O) groups is 1. The Bertz CT molecular complexity index is 1200. The highest BCUT2D eigenvalue weighted by atomic mass is 19.1. The van der Waals surface area contributed by atoms with E-state index in [0.29, 0.717) is 28.4 Å². The van der Waals surface area contributed by atoms with E-state index in [0.717, 1.165) is 16.3 Å². The van der Waals surface area contributed by atoms with Crippen molar-refractivity contribution in [2.75, 3.05) is 18.2 Å². The molecule has 3 N–H and O–H groups in total. The number of nitrogen functional groups attached to an aromatic ring is 1. The van der Waals surface area contributed by atoms with Gasteiger partial charge in [-0.15, -0.1) is 0 Å². The topological polar surface area (TPSA) is 81.6 Å². The maximum Gasteiger partial charge on any atom is 0.411 e. The summed E-state index contributed by atoms with van der Waals surface area (Å²) in [6, 6.07) is 12.2. The molecular formula is C20H17FN4O2. The quantitative estimate of drug-likeness (QED) is 0.554. The molecule has 0 aliphatic rings. The molecular weight excluding hydrogens is 347 g/mol. The summed E-state index contributed by atoms with van der Waals surface area (Å²) in [4.78, 5) is 16.1. The lowest BCUT2D eigenvalue weighted by atomic mass is 10.1. The van der Waals surface area contributed by atoms with E-state index in [9.17, 15) is 9.18 Å². The number of carbonyl (C=O) groups excluding carboxylic acids is 1. The summed E-state index contributed by atoms with van der Waals surface area (Å²) in [6.45, 7) is 1.82. The maximum atomic E-state index is 14.4. The van der Waals surface area contributed by atoms with Gasteiger partial charge in [-0.2, -0.15) is 0 Å². The third-order valence-electron chi connectivity index (χ3n) is 4.46. The molecule has 27 heavy (non-hydrogen) atoms. The van der Waals surface area contributed by atoms with E-state index in [-0.39, 0.29) is 5.82 Å². The van der Waals surface area contributed by atoms with Gasteiger partial charge in [0.05, 0.1) is 7.11 Å². The van der Waals surface area contributed by atoms with Crippen molar-refractivity contribution in [3.05, 3.63) is 60.0 Å². The Kier molecular flexibility index (Phi) is 3.92. The van der Waals surface area contributed by atoms with E-state index in [2.05, 4.69) is 15.0 Å². The number of ether oxygens (including phenoxy) is 1. The fourth-order valence-corrected chi connectivity index (χ4v) is 3.09. The normalized spacial score (nSPS) is 11.1. The Balaban J connectivity index is 1.93. The minimum absolute atomic E-state index is 0.346. The second kappa shape index (κ2) is 6.28. The van der Waals surface area contributed by atoms with Gasteiger partial charge in [0.15, 0.2) is 0 Å². The van der Waals surface area contributed by atoms with Crippen LogP contribution in [0.15, 0.2) is 48.7 Å². The number of nitrogens with one attached hydrogen (secondary N) is 1. The number of halogens is 1. The number of methoxy groups -OCH3 is 1. The van der Waals surface area contributed by atoms with Crippen LogP contribution in [0.25, 0.3) is 27.7 Å². The highest BCUT2D eigenvalue weighted by Crippen LogP contribution is 2.32. The van der Waals surface area contributed by atoms with Crippen LogP contribution in [0.2, 0.25) is 0 Å². The average Bonchev–Trinajstić information content (AvgIpc) is 2.98. The first-order valence-electron chi connectivity index (χ1n) is 8.29. The van der Waals surface area contributed by atoms with Crippen molar-refractivity contribution in [1.82, 2.24) is 9.38 Å². The van der Waals surface area contributed by atoms with E-state index in [1.54, 1.807) is 28.8 Å². The predicted molar refractivity (Wildman–Crippen MR) is 103 cm³/mol. The van der Waals surface area contributed by atoms with Crippen LogP contribution in [0.4, 0.5) is 20.7 Å². The lowest BCUT2D eigenvalue weighted by Gasteiger charge is -2.06. The van der Waals surface area contributed by atoms with Gasteiger partial charge in [-0.25, -0.2) is 14.2 Å². The number of fused-ring (bicyclic) bond motifs is 3. The van der Waals surface area contributed by atoms with E-state index >= 15 is 0 Å². The number of nitrogens with two attached hydrogens (primary N) is 1. The van der Waals surface area contributed by atoms with Gasteiger partial charge in [-0.05, 0) is 48.2 Å². The summed E-state index contributed by atoms with van der Waals surface area (Å²) in [5.41, 5.74) is 8.94. The van der Waals surface area contributed by atoms with Gasteiger partial charge in [-0.3, -0.25) is 9.72 Å². The molecule has 0 saturated heterocycles. The minimum Gasteiger partial charge on any atom is -0.453 e. The van der Waals surface area contributed by atoms with Crippen LogP contribution in [0.1, 0.15) is 5.56 Å². The molecule has 0 atom stereocenters. The SMILES string of the molecule is COC(=O)Nc1ccc2ccn3c(N)c(-c4ccc(C)cc4F)nc3c2c1. The highest BCUT2D eigenvalue weighted by Gasteiger charge is 2.17. The second-order valence-corrected chi connectivity index (χ2v) is 6.26. The number of hydrogen-bond acceptors (Lipinski definition) is 4. The summed E-state index contributed by atoms with van der Waals surface area (Å²) in [6.07, 6.45) is 1.23. The molecule has 0 unspecified atom stereocenters. The molecule has 0 radical (unpaired) electrons. The van der Waals surface area contributed by atoms with Gasteiger partial charge in [0.25, 0.3) is 0 Å². The molecule has 0 aliphatic carbocycles. The number of pyridine rings is 1. The fraction of sp³-hybridized carbons (Fsp3) is 0.100. The van der Waals surface area contributed by atoms with Crippen LogP contribution in [-0.2, 0) is 4.74 Å². The van der Waals surface area contributed by atoms with Gasteiger partial charge in [0.2, 0.25) is 0 Å². The lowest BCUT2D eigenvalue weighted by Crippen LogP contribution is -2.10. The molecule has 6 nitrogen and oxygen atoms in total. The predicted octanol–water partition coefficient (Wildman–Crippen LogP) is 4.36. The van der Waals surface area contributed by atoms with Crippen molar-refractivity contribution in [1.29, 1.82) is 0 Å². The molecule has 2 aromatic heterocycles. The molecule has 0 fully saturated rings. The second-order valence-electron chi connectivity index (χ2n) is 6.26. The molecule has 136 valence electrons. The molecule has 2 aromatic carbocycles. The van der Waals surface area contributed by atoms with Crippen LogP contribution in [0.3, 0.4) is 0 Å². The van der Waals surface area contributed by atoms with Gasteiger partial charge in [0, 0.05) is 22.8 Å². The molecule has 0 aliphatic heterocycles. The number of hydrogen-bond donors (Lipinski definition) is 2. The Morgan fingerprint density at radius 2 is 2.04 bits per heavy atom. The van der Waals surface area contributed by atoms with Gasteiger partial charge in [-0.1, -0.05) is 12.1 Å². The molecule has 0 spiro atoms. The van der Waals surface area contributed by atoms with Crippen LogP contribution in [-0.4, -0.2) is 22.6 Å². The first kappa shape index (κ1) is 16.8. The molecule has 0 bridgehead atoms. The molecule has 0 saturated carbocycles. The van der Waals surface area contributed by atoms with Gasteiger partial charge < -0.3 is 10.5 Å². The van der Waals surface area contributed by atoms with Crippen molar-refractivity contribution < 1.29 is 13.9 Å². The fourth-order valence-electron chi connectivity index (χ4n) is 3.09. The van der Waals surface area contributed by atoms with Gasteiger partial charge >= 0.3 is 6.09 Å². The zero-order valence-electron chi connectivity index (χ0n) is 14.8. The number of aromatic nitrogens is 2. The van der Waals surface area contributed by atoms with E-state index in [1.807, 2.05) is 25.1 Å². The summed E-state index contributed by atoms with van der Waals surface area (Å²) in [5.74, 6) is -0.0246. The monoisotopic (exact) mass is 364 g/mol. The molecule has 1 amide bonds. The Morgan fingerprint density at radius 3 is 2.78 bits per heavy atom. The van der Waals surface area contributed by atoms with Crippen molar-refractivity contribution in [3.63, 3.8) is 0 Å². The Labute approximate surface area is 154 Å². The zero-order valence-corrected chi connectivity index (χ0v) is 14.8. The number of imidazole rings is 1. The molecule has 7 heteroatoms. The maximum absolute atomic E-state index is 14.4. The number of anilines is 2. The average molecular weight is 364 g/mol. The summed E-state index contributed by atoms with van der Waals surface area (Å²) in [7, 11) is 1.30. The van der Waals surface area contributed by atoms with Gasteiger partial charge in [0.1, 0.15) is 23.0 Å². The van der Waals surface area contributed by atoms with Crippen molar-refractivity contribution in [2.24, 2.45) is 0 Å². The number of benzene rings is 2. The summed E-state index contributed by atoms with van der Waals surface area (Å²) in [5, 5.41) is 4.32. The van der Waals surface area contributed by atoms with Crippen LogP contribution in [0, 0.1) is 12.7 Å². The van der Waals surface area contributed by atoms with Crippen molar-refractivity contribution in [2.45, 2.75) is 6.92 Å². The van der Waals surface area contributed by atoms with E-state index < -0.39 is 6.09 Å². The zero-order chi connectivity index (χ0) is 19.1. The van der Waals surface area contributed by atoms with Crippen LogP contribution >= 0.6 is 0 Å². The largest absolute Gasteiger partial charge is 0.453 e. The Morgan fingerprint density at radius 1 is 1.22 bits per heavy atom. The molecule has 2 heterocycles. The third-order valence-corrected chi connectivity index (χ3v) is 4.46. The number of rotatable bonds is 2. The van der Waals surface area contributed by atoms with E-state index in [4.69, 9.17) is 5.73 Å². The first-order valence-corrected chi connectivity index (χ1v) is 8.29. The first-order chi connectivity index (χ1) is 13.0. The Hall–Kier alpha value is -3.61. The molecule has 4 rings (SSSR count). The van der Waals surface area contributed by atoms with E-state index in [1.165, 1.54) is 13.2 Å². The number of aryl methyl sites for hydroxylation is 1. The summed E-state index contributed by atoms with van der Waals surface area (Å²) >= 11 is 0. The highest BCUT2D eigenvalue weighted by molar-refractivity contribution is 5.99. The van der Waals surface area contributed by atoms with Crippen LogP contribution < -0.4 is 11.1 Å². The standard InChI is InChI=1S/C20H17FN4O2/c1-11-3-6-14(16(21)9-11)17-18(22)25-8-7-12-4-5-13(23-20(26)27-2)10-15(12)19(25)24-17/h3-10H,22H2,1-2H3,(H,23,26). The smallest absolute Gasteiger partial charge is 0.411 e. The van der Waals surface area contributed by atoms with Crippen LogP contribution in [0.5, 0.6) is 0 Å². The number of nitrogens with zero attached hydrogens (tertiary/aromatic N) is 2. The summed E-state index contributed by atoms with van der Waals surface area (Å²) < 4.78 is 20.8. The minimum atomic E-state index is -0.563. The molecule has 4 aromatic rings. The lowest BCUT2D eigenvalue weighted by molar-refractivity contribution is 0.187. The third kappa shape index (κ3) is 2.83. The van der Waals surface area contributed by atoms with Crippen molar-refractivity contribution >= 4 is 34.0 Å². The number of amides is 1.